The van der Waals surface area contributed by atoms with Crippen molar-refractivity contribution in [2.75, 3.05) is 0 Å². The molecule has 0 amide bonds. The monoisotopic (exact) mass is 234 g/mol. The topological polar surface area (TPSA) is 0 Å². The summed E-state index contributed by atoms with van der Waals surface area (Å²) in [6.45, 7) is 1.56. The highest BCUT2D eigenvalue weighted by Crippen LogP contribution is 2.49. The summed E-state index contributed by atoms with van der Waals surface area (Å²) in [5, 5.41) is 0. The van der Waals surface area contributed by atoms with Crippen molar-refractivity contribution in [3.05, 3.63) is 0 Å². The number of hydrogen-bond acceptors (Lipinski definition) is 0. The molecule has 1 fully saturated rings. The normalized spacial score (nSPS) is 34.2. The van der Waals surface area contributed by atoms with Gasteiger partial charge in [-0.15, -0.1) is 0 Å². The molecule has 90 valence electrons. The molecule has 0 N–H and O–H groups in total. The van der Waals surface area contributed by atoms with Gasteiger partial charge in [-0.05, 0) is 18.8 Å². The standard InChI is InChI=1S/C9H12F6/c1-5-2-3-6(8(10,11)12)7(4-5)9(13,14)15/h5-7H,2-4H2,1H3. The zero-order chi connectivity index (χ0) is 11.9. The maximum Gasteiger partial charge on any atom is 0.392 e. The molecule has 3 atom stereocenters. The number of hydrogen-bond donors (Lipinski definition) is 0. The summed E-state index contributed by atoms with van der Waals surface area (Å²) in [5.74, 6) is -4.72. The third kappa shape index (κ3) is 3.01. The molecular weight excluding hydrogens is 222 g/mol. The van der Waals surface area contributed by atoms with E-state index in [1.807, 2.05) is 0 Å². The molecule has 0 aromatic heterocycles. The Morgan fingerprint density at radius 2 is 1.27 bits per heavy atom. The van der Waals surface area contributed by atoms with Gasteiger partial charge in [-0.1, -0.05) is 13.3 Å². The molecular formula is C9H12F6. The van der Waals surface area contributed by atoms with Gasteiger partial charge in [-0.25, -0.2) is 0 Å². The van der Waals surface area contributed by atoms with E-state index in [1.165, 1.54) is 0 Å². The second-order valence-electron chi connectivity index (χ2n) is 4.21. The first kappa shape index (κ1) is 12.6. The van der Waals surface area contributed by atoms with Crippen LogP contribution in [0.5, 0.6) is 0 Å². The quantitative estimate of drug-likeness (QED) is 0.552. The third-order valence-corrected chi connectivity index (χ3v) is 2.95. The van der Waals surface area contributed by atoms with Gasteiger partial charge in [-0.2, -0.15) is 26.3 Å². The largest absolute Gasteiger partial charge is 0.392 e. The fourth-order valence-corrected chi connectivity index (χ4v) is 2.13. The predicted octanol–water partition coefficient (Wildman–Crippen LogP) is 4.16. The van der Waals surface area contributed by atoms with Crippen LogP contribution in [-0.4, -0.2) is 12.4 Å². The van der Waals surface area contributed by atoms with Gasteiger partial charge in [0.1, 0.15) is 0 Å². The maximum atomic E-state index is 12.4. The molecule has 15 heavy (non-hydrogen) atoms. The van der Waals surface area contributed by atoms with E-state index >= 15 is 0 Å². The van der Waals surface area contributed by atoms with Crippen LogP contribution in [0.1, 0.15) is 26.2 Å². The summed E-state index contributed by atoms with van der Waals surface area (Å²) < 4.78 is 74.2. The Morgan fingerprint density at radius 1 is 0.800 bits per heavy atom. The molecule has 1 aliphatic rings. The Kier molecular flexibility index (Phi) is 3.26. The van der Waals surface area contributed by atoms with Crippen LogP contribution in [0.3, 0.4) is 0 Å². The van der Waals surface area contributed by atoms with E-state index < -0.39 is 37.0 Å². The molecule has 0 saturated heterocycles. The van der Waals surface area contributed by atoms with Crippen molar-refractivity contribution in [2.24, 2.45) is 17.8 Å². The lowest BCUT2D eigenvalue weighted by molar-refractivity contribution is -0.265. The molecule has 0 aromatic carbocycles. The molecule has 1 saturated carbocycles. The molecule has 1 rings (SSSR count). The minimum absolute atomic E-state index is 0.219. The van der Waals surface area contributed by atoms with Gasteiger partial charge in [0.2, 0.25) is 0 Å². The number of rotatable bonds is 0. The Morgan fingerprint density at radius 3 is 1.67 bits per heavy atom. The highest BCUT2D eigenvalue weighted by molar-refractivity contribution is 4.86. The average Bonchev–Trinajstić information content (AvgIpc) is 2.00. The van der Waals surface area contributed by atoms with Crippen molar-refractivity contribution in [3.8, 4) is 0 Å². The van der Waals surface area contributed by atoms with Crippen LogP contribution in [0.4, 0.5) is 26.3 Å². The lowest BCUT2D eigenvalue weighted by atomic mass is 9.74. The van der Waals surface area contributed by atoms with Crippen LogP contribution in [-0.2, 0) is 0 Å². The van der Waals surface area contributed by atoms with Crippen molar-refractivity contribution in [2.45, 2.75) is 38.5 Å². The predicted molar refractivity (Wildman–Crippen MR) is 42.1 cm³/mol. The van der Waals surface area contributed by atoms with Gasteiger partial charge < -0.3 is 0 Å². The molecule has 6 heteroatoms. The van der Waals surface area contributed by atoms with E-state index in [4.69, 9.17) is 0 Å². The molecule has 0 radical (unpaired) electrons. The molecule has 1 aliphatic carbocycles. The highest BCUT2D eigenvalue weighted by Gasteiger charge is 2.56. The first-order chi connectivity index (χ1) is 6.62. The van der Waals surface area contributed by atoms with Crippen LogP contribution in [0.2, 0.25) is 0 Å². The van der Waals surface area contributed by atoms with Gasteiger partial charge in [-0.3, -0.25) is 0 Å². The van der Waals surface area contributed by atoms with Gasteiger partial charge >= 0.3 is 12.4 Å². The van der Waals surface area contributed by atoms with Gasteiger partial charge in [0.05, 0.1) is 11.8 Å². The SMILES string of the molecule is CC1CCC(C(F)(F)F)C(C(F)(F)F)C1. The second kappa shape index (κ2) is 3.87. The van der Waals surface area contributed by atoms with Crippen LogP contribution < -0.4 is 0 Å². The fourth-order valence-electron chi connectivity index (χ4n) is 2.13. The van der Waals surface area contributed by atoms with E-state index in [9.17, 15) is 26.3 Å². The first-order valence-electron chi connectivity index (χ1n) is 4.75. The molecule has 0 bridgehead atoms. The minimum Gasteiger partial charge on any atom is -0.171 e. The van der Waals surface area contributed by atoms with Crippen molar-refractivity contribution in [3.63, 3.8) is 0 Å². The number of alkyl halides is 6. The summed E-state index contributed by atoms with van der Waals surface area (Å²) in [6, 6.07) is 0. The van der Waals surface area contributed by atoms with Gasteiger partial charge in [0.15, 0.2) is 0 Å². The van der Waals surface area contributed by atoms with E-state index in [0.29, 0.717) is 0 Å². The third-order valence-electron chi connectivity index (χ3n) is 2.95. The molecule has 3 unspecified atom stereocenters. The van der Waals surface area contributed by atoms with Crippen LogP contribution in [0.25, 0.3) is 0 Å². The van der Waals surface area contributed by atoms with E-state index in [1.54, 1.807) is 6.92 Å². The Hall–Kier alpha value is -0.420. The lowest BCUT2D eigenvalue weighted by Crippen LogP contribution is -2.42. The van der Waals surface area contributed by atoms with Gasteiger partial charge in [0, 0.05) is 0 Å². The average molecular weight is 234 g/mol. The lowest BCUT2D eigenvalue weighted by Gasteiger charge is -2.36. The molecule has 0 heterocycles. The van der Waals surface area contributed by atoms with E-state index in [2.05, 4.69) is 0 Å². The van der Waals surface area contributed by atoms with Crippen molar-refractivity contribution >= 4 is 0 Å². The maximum absolute atomic E-state index is 12.4. The summed E-state index contributed by atoms with van der Waals surface area (Å²) in [5.41, 5.74) is 0. The Balaban J connectivity index is 2.85. The van der Waals surface area contributed by atoms with Gasteiger partial charge in [0.25, 0.3) is 0 Å². The Bertz CT molecular complexity index is 216. The highest BCUT2D eigenvalue weighted by atomic mass is 19.4. The minimum atomic E-state index is -4.74. The molecule has 0 spiro atoms. The summed E-state index contributed by atoms with van der Waals surface area (Å²) in [7, 11) is 0. The van der Waals surface area contributed by atoms with E-state index in [0.717, 1.165) is 0 Å². The van der Waals surface area contributed by atoms with Crippen LogP contribution in [0, 0.1) is 17.8 Å². The zero-order valence-electron chi connectivity index (χ0n) is 8.12. The van der Waals surface area contributed by atoms with Crippen molar-refractivity contribution < 1.29 is 26.3 Å². The first-order valence-corrected chi connectivity index (χ1v) is 4.75. The molecule has 0 aliphatic heterocycles. The second-order valence-corrected chi connectivity index (χ2v) is 4.21. The van der Waals surface area contributed by atoms with Crippen LogP contribution in [0.15, 0.2) is 0 Å². The number of halogens is 6. The van der Waals surface area contributed by atoms with Crippen LogP contribution >= 0.6 is 0 Å². The Labute approximate surface area is 83.6 Å². The van der Waals surface area contributed by atoms with Crippen molar-refractivity contribution in [1.29, 1.82) is 0 Å². The summed E-state index contributed by atoms with van der Waals surface area (Å²) >= 11 is 0. The fraction of sp³-hybridized carbons (Fsp3) is 1.00. The zero-order valence-corrected chi connectivity index (χ0v) is 8.12. The van der Waals surface area contributed by atoms with E-state index in [-0.39, 0.29) is 12.3 Å². The van der Waals surface area contributed by atoms with Crippen molar-refractivity contribution in [1.82, 2.24) is 0 Å². The summed E-state index contributed by atoms with van der Waals surface area (Å²) in [4.78, 5) is 0. The smallest absolute Gasteiger partial charge is 0.171 e. The molecule has 0 aromatic rings. The molecule has 0 nitrogen and oxygen atoms in total. The summed E-state index contributed by atoms with van der Waals surface area (Å²) in [6.07, 6.45) is -10.1.